The Morgan fingerprint density at radius 1 is 0.371 bits per heavy atom. The summed E-state index contributed by atoms with van der Waals surface area (Å²) < 4.78 is 7.68. The Labute approximate surface area is 367 Å². The SMILES string of the molecule is CCCCC(CC)Cn1c2ccccc2c2cc(C(c3ccc(-n4c5ccccc5c5ccccc54)cc3)c3ccc4c(c3)c3ccccc3n4CC(CC)CCCC)ccc21. The molecule has 0 fully saturated rings. The fourth-order valence-corrected chi connectivity index (χ4v) is 10.8. The standard InChI is InChI=1S/C59H61N3/c1-5-9-19-41(7-3)39-60-53-25-15-11-23-49(53)51-37-44(31-35-55(51)60)59(43-29-33-46(34-30-43)62-57-27-17-13-21-47(57)48-22-14-18-28-58(48)62)45-32-36-56-52(38-45)50-24-12-16-26-54(50)61(56)40-42(8-4)20-10-6-2/h11-18,21-38,41-42,59H,5-10,19-20,39-40H2,1-4H3. The van der Waals surface area contributed by atoms with Crippen LogP contribution in [0.25, 0.3) is 71.1 Å². The van der Waals surface area contributed by atoms with Crippen LogP contribution in [0, 0.1) is 11.8 Å². The number of hydrogen-bond donors (Lipinski definition) is 0. The maximum Gasteiger partial charge on any atom is 0.0541 e. The van der Waals surface area contributed by atoms with Crippen LogP contribution in [0.5, 0.6) is 0 Å². The molecule has 10 rings (SSSR count). The van der Waals surface area contributed by atoms with Crippen LogP contribution in [0.4, 0.5) is 0 Å². The van der Waals surface area contributed by atoms with Crippen molar-refractivity contribution in [2.75, 3.05) is 0 Å². The molecule has 3 heterocycles. The van der Waals surface area contributed by atoms with Gasteiger partial charge in [0, 0.05) is 79.1 Å². The van der Waals surface area contributed by atoms with Crippen molar-refractivity contribution in [3.8, 4) is 5.69 Å². The van der Waals surface area contributed by atoms with E-state index < -0.39 is 0 Å². The zero-order valence-electron chi connectivity index (χ0n) is 37.2. The highest BCUT2D eigenvalue weighted by molar-refractivity contribution is 6.10. The molecule has 7 aromatic carbocycles. The largest absolute Gasteiger partial charge is 0.340 e. The number of rotatable bonds is 16. The van der Waals surface area contributed by atoms with E-state index in [9.17, 15) is 0 Å². The molecule has 2 unspecified atom stereocenters. The minimum atomic E-state index is 0.0427. The van der Waals surface area contributed by atoms with Gasteiger partial charge in [-0.25, -0.2) is 0 Å². The summed E-state index contributed by atoms with van der Waals surface area (Å²) in [5.74, 6) is 1.38. The fourth-order valence-electron chi connectivity index (χ4n) is 10.8. The zero-order chi connectivity index (χ0) is 42.2. The first-order valence-corrected chi connectivity index (χ1v) is 23.7. The van der Waals surface area contributed by atoms with Crippen LogP contribution in [-0.4, -0.2) is 13.7 Å². The van der Waals surface area contributed by atoms with E-state index in [0.29, 0.717) is 11.8 Å². The van der Waals surface area contributed by atoms with Crippen molar-refractivity contribution in [2.45, 2.75) is 98.1 Å². The third kappa shape index (κ3) is 7.10. The Kier molecular flexibility index (Phi) is 11.2. The summed E-state index contributed by atoms with van der Waals surface area (Å²) >= 11 is 0. The van der Waals surface area contributed by atoms with Crippen LogP contribution >= 0.6 is 0 Å². The highest BCUT2D eigenvalue weighted by Crippen LogP contribution is 2.41. The summed E-state index contributed by atoms with van der Waals surface area (Å²) in [6.07, 6.45) is 10.0. The summed E-state index contributed by atoms with van der Waals surface area (Å²) in [5, 5.41) is 7.98. The van der Waals surface area contributed by atoms with Crippen molar-refractivity contribution in [1.82, 2.24) is 13.7 Å². The second kappa shape index (κ2) is 17.4. The normalized spacial score (nSPS) is 13.6. The predicted molar refractivity (Wildman–Crippen MR) is 267 cm³/mol. The smallest absolute Gasteiger partial charge is 0.0541 e. The molecule has 0 spiro atoms. The van der Waals surface area contributed by atoms with Gasteiger partial charge in [0.15, 0.2) is 0 Å². The van der Waals surface area contributed by atoms with E-state index in [1.54, 1.807) is 0 Å². The van der Waals surface area contributed by atoms with E-state index in [2.05, 4.69) is 199 Å². The second-order valence-electron chi connectivity index (χ2n) is 18.0. The molecule has 10 aromatic rings. The number of para-hydroxylation sites is 4. The lowest BCUT2D eigenvalue weighted by molar-refractivity contribution is 0.401. The summed E-state index contributed by atoms with van der Waals surface area (Å²) in [4.78, 5) is 0. The van der Waals surface area contributed by atoms with Gasteiger partial charge in [-0.2, -0.15) is 0 Å². The molecule has 0 saturated carbocycles. The fraction of sp³-hybridized carbons (Fsp3) is 0.288. The molecular formula is C59H61N3. The average Bonchev–Trinajstić information content (AvgIpc) is 3.94. The molecule has 0 N–H and O–H groups in total. The summed E-state index contributed by atoms with van der Waals surface area (Å²) in [7, 11) is 0. The van der Waals surface area contributed by atoms with E-state index >= 15 is 0 Å². The van der Waals surface area contributed by atoms with Crippen molar-refractivity contribution < 1.29 is 0 Å². The third-order valence-corrected chi connectivity index (χ3v) is 14.3. The molecule has 0 bridgehead atoms. The molecule has 0 saturated heterocycles. The molecule has 2 atom stereocenters. The molecule has 3 aromatic heterocycles. The van der Waals surface area contributed by atoms with Gasteiger partial charge >= 0.3 is 0 Å². The number of aromatic nitrogens is 3. The lowest BCUT2D eigenvalue weighted by Gasteiger charge is -2.21. The van der Waals surface area contributed by atoms with Gasteiger partial charge in [0.25, 0.3) is 0 Å². The summed E-state index contributed by atoms with van der Waals surface area (Å²) in [5.41, 5.74) is 13.0. The molecule has 3 heteroatoms. The number of nitrogens with zero attached hydrogens (tertiary/aromatic N) is 3. The summed E-state index contributed by atoms with van der Waals surface area (Å²) in [6.45, 7) is 11.5. The predicted octanol–water partition coefficient (Wildman–Crippen LogP) is 16.6. The first kappa shape index (κ1) is 40.0. The number of benzene rings is 7. The average molecular weight is 812 g/mol. The van der Waals surface area contributed by atoms with Crippen molar-refractivity contribution in [3.63, 3.8) is 0 Å². The molecule has 0 aliphatic rings. The maximum absolute atomic E-state index is 2.62. The molecule has 0 amide bonds. The van der Waals surface area contributed by atoms with Gasteiger partial charge in [0.1, 0.15) is 0 Å². The lowest BCUT2D eigenvalue weighted by atomic mass is 9.84. The summed E-state index contributed by atoms with van der Waals surface area (Å²) in [6, 6.07) is 60.1. The van der Waals surface area contributed by atoms with Crippen LogP contribution in [-0.2, 0) is 13.1 Å². The van der Waals surface area contributed by atoms with Crippen LogP contribution in [0.3, 0.4) is 0 Å². The Bertz CT molecular complexity index is 2960. The van der Waals surface area contributed by atoms with Gasteiger partial charge in [-0.1, -0.05) is 163 Å². The number of hydrogen-bond acceptors (Lipinski definition) is 0. The van der Waals surface area contributed by atoms with Gasteiger partial charge in [-0.15, -0.1) is 0 Å². The monoisotopic (exact) mass is 811 g/mol. The Balaban J connectivity index is 1.14. The Hall–Kier alpha value is -6.06. The van der Waals surface area contributed by atoms with Crippen molar-refractivity contribution >= 4 is 65.4 Å². The number of fused-ring (bicyclic) bond motifs is 9. The van der Waals surface area contributed by atoms with E-state index in [0.717, 1.165) is 13.1 Å². The zero-order valence-corrected chi connectivity index (χ0v) is 37.2. The molecule has 0 aliphatic heterocycles. The number of unbranched alkanes of at least 4 members (excludes halogenated alkanes) is 2. The van der Waals surface area contributed by atoms with Crippen molar-refractivity contribution in [3.05, 3.63) is 174 Å². The van der Waals surface area contributed by atoms with Gasteiger partial charge in [0.05, 0.1) is 11.0 Å². The van der Waals surface area contributed by atoms with Crippen LogP contribution in [0.2, 0.25) is 0 Å². The van der Waals surface area contributed by atoms with Gasteiger partial charge < -0.3 is 13.7 Å². The minimum Gasteiger partial charge on any atom is -0.340 e. The van der Waals surface area contributed by atoms with Crippen molar-refractivity contribution in [1.29, 1.82) is 0 Å². The van der Waals surface area contributed by atoms with Crippen LogP contribution in [0.15, 0.2) is 158 Å². The van der Waals surface area contributed by atoms with Crippen LogP contribution in [0.1, 0.15) is 102 Å². The van der Waals surface area contributed by atoms with E-state index in [4.69, 9.17) is 0 Å². The third-order valence-electron chi connectivity index (χ3n) is 14.3. The lowest BCUT2D eigenvalue weighted by Crippen LogP contribution is -2.10. The van der Waals surface area contributed by atoms with Crippen LogP contribution < -0.4 is 0 Å². The molecule has 62 heavy (non-hydrogen) atoms. The topological polar surface area (TPSA) is 14.8 Å². The van der Waals surface area contributed by atoms with Gasteiger partial charge in [0.2, 0.25) is 0 Å². The molecule has 3 nitrogen and oxygen atoms in total. The molecule has 0 aliphatic carbocycles. The molecule has 312 valence electrons. The first-order chi connectivity index (χ1) is 30.6. The minimum absolute atomic E-state index is 0.0427. The Morgan fingerprint density at radius 3 is 1.16 bits per heavy atom. The molecular weight excluding hydrogens is 751 g/mol. The van der Waals surface area contributed by atoms with Gasteiger partial charge in [-0.05, 0) is 102 Å². The van der Waals surface area contributed by atoms with Crippen molar-refractivity contribution in [2.24, 2.45) is 11.8 Å². The second-order valence-corrected chi connectivity index (χ2v) is 18.0. The Morgan fingerprint density at radius 2 is 0.742 bits per heavy atom. The highest BCUT2D eigenvalue weighted by Gasteiger charge is 2.23. The van der Waals surface area contributed by atoms with E-state index in [1.807, 2.05) is 0 Å². The van der Waals surface area contributed by atoms with Gasteiger partial charge in [-0.3, -0.25) is 0 Å². The quantitative estimate of drug-likeness (QED) is 0.0864. The highest BCUT2D eigenvalue weighted by atomic mass is 15.0. The maximum atomic E-state index is 2.62. The van der Waals surface area contributed by atoms with E-state index in [-0.39, 0.29) is 5.92 Å². The van der Waals surface area contributed by atoms with E-state index in [1.165, 1.54) is 139 Å². The molecule has 0 radical (unpaired) electrons. The first-order valence-electron chi connectivity index (χ1n) is 23.7.